The van der Waals surface area contributed by atoms with E-state index in [1.165, 1.54) is 18.5 Å². The molecule has 1 aromatic carbocycles. The summed E-state index contributed by atoms with van der Waals surface area (Å²) in [6.45, 7) is 2.03. The number of nitrogens with one attached hydrogen (secondary N) is 3. The average molecular weight is 311 g/mol. The molecule has 3 N–H and O–H groups in total. The van der Waals surface area contributed by atoms with Gasteiger partial charge in [-0.25, -0.2) is 0 Å². The lowest BCUT2D eigenvalue weighted by Gasteiger charge is -2.08. The van der Waals surface area contributed by atoms with Crippen LogP contribution >= 0.6 is 0 Å². The lowest BCUT2D eigenvalue weighted by Crippen LogP contribution is -2.19. The second kappa shape index (κ2) is 6.08. The van der Waals surface area contributed by atoms with Crippen molar-refractivity contribution in [3.63, 3.8) is 0 Å². The Kier molecular flexibility index (Phi) is 3.97. The molecule has 0 spiro atoms. The second-order valence-corrected chi connectivity index (χ2v) is 5.77. The summed E-state index contributed by atoms with van der Waals surface area (Å²) in [6.07, 6.45) is 3.83. The zero-order valence-electron chi connectivity index (χ0n) is 12.6. The first kappa shape index (κ1) is 15.0. The molecule has 1 aromatic heterocycles. The van der Waals surface area contributed by atoms with Crippen molar-refractivity contribution in [2.75, 3.05) is 10.6 Å². The van der Waals surface area contributed by atoms with E-state index in [4.69, 9.17) is 0 Å². The van der Waals surface area contributed by atoms with Crippen LogP contribution in [0, 0.1) is 11.8 Å². The lowest BCUT2D eigenvalue weighted by molar-refractivity contribution is -0.117. The molecular weight excluding hydrogens is 294 g/mol. The van der Waals surface area contributed by atoms with Crippen LogP contribution in [0.4, 0.5) is 11.4 Å². The van der Waals surface area contributed by atoms with Crippen molar-refractivity contribution in [1.82, 2.24) is 4.98 Å². The summed E-state index contributed by atoms with van der Waals surface area (Å²) < 4.78 is 0. The van der Waals surface area contributed by atoms with E-state index in [0.717, 1.165) is 6.42 Å². The van der Waals surface area contributed by atoms with Crippen molar-refractivity contribution >= 4 is 23.2 Å². The molecule has 23 heavy (non-hydrogen) atoms. The Hall–Kier alpha value is -2.89. The number of rotatable bonds is 4. The van der Waals surface area contributed by atoms with Crippen LogP contribution in [0.25, 0.3) is 0 Å². The third kappa shape index (κ3) is 3.48. The summed E-state index contributed by atoms with van der Waals surface area (Å²) in [4.78, 5) is 38.5. The van der Waals surface area contributed by atoms with Crippen LogP contribution in [0.3, 0.4) is 0 Å². The summed E-state index contributed by atoms with van der Waals surface area (Å²) in [5, 5.41) is 5.37. The van der Waals surface area contributed by atoms with E-state index >= 15 is 0 Å². The van der Waals surface area contributed by atoms with Gasteiger partial charge < -0.3 is 15.6 Å². The van der Waals surface area contributed by atoms with Gasteiger partial charge in [-0.2, -0.15) is 0 Å². The number of aromatic nitrogens is 1. The Morgan fingerprint density at radius 3 is 2.70 bits per heavy atom. The van der Waals surface area contributed by atoms with Gasteiger partial charge in [-0.3, -0.25) is 14.4 Å². The van der Waals surface area contributed by atoms with Crippen molar-refractivity contribution in [2.45, 2.75) is 13.3 Å². The zero-order chi connectivity index (χ0) is 16.4. The average Bonchev–Trinajstić information content (AvgIpc) is 3.27. The highest BCUT2D eigenvalue weighted by molar-refractivity contribution is 6.05. The number of pyridine rings is 1. The Morgan fingerprint density at radius 1 is 1.22 bits per heavy atom. The molecule has 2 amide bonds. The van der Waals surface area contributed by atoms with Crippen molar-refractivity contribution < 1.29 is 9.59 Å². The van der Waals surface area contributed by atoms with Gasteiger partial charge in [0.05, 0.1) is 0 Å². The van der Waals surface area contributed by atoms with Gasteiger partial charge in [-0.1, -0.05) is 13.0 Å². The maximum Gasteiger partial charge on any atom is 0.255 e. The first-order valence-corrected chi connectivity index (χ1v) is 7.44. The molecule has 6 nitrogen and oxygen atoms in total. The van der Waals surface area contributed by atoms with E-state index in [1.54, 1.807) is 24.3 Å². The lowest BCUT2D eigenvalue weighted by atomic mass is 10.1. The number of carbonyl (C=O) groups excluding carboxylic acids is 2. The highest BCUT2D eigenvalue weighted by atomic mass is 16.2. The molecule has 1 aliphatic carbocycles. The maximum absolute atomic E-state index is 12.2. The number of carbonyl (C=O) groups is 2. The van der Waals surface area contributed by atoms with Crippen molar-refractivity contribution in [2.24, 2.45) is 11.8 Å². The summed E-state index contributed by atoms with van der Waals surface area (Å²) in [7, 11) is 0. The number of amides is 2. The fraction of sp³-hybridized carbons (Fsp3) is 0.235. The molecule has 1 fully saturated rings. The van der Waals surface area contributed by atoms with Crippen LogP contribution in [-0.4, -0.2) is 16.8 Å². The normalized spacial score (nSPS) is 19.0. The van der Waals surface area contributed by atoms with Gasteiger partial charge in [-0.05, 0) is 30.5 Å². The summed E-state index contributed by atoms with van der Waals surface area (Å²) in [5.74, 6) is 0.0637. The SMILES string of the molecule is C[C@@H]1C[C@H]1C(=O)Nc1cccc(C(=O)Nc2c[nH]ccc2=O)c1. The highest BCUT2D eigenvalue weighted by Crippen LogP contribution is 2.38. The molecule has 2 aromatic rings. The predicted molar refractivity (Wildman–Crippen MR) is 87.4 cm³/mol. The van der Waals surface area contributed by atoms with E-state index in [0.29, 0.717) is 17.2 Å². The Labute approximate surface area is 132 Å². The molecular formula is C17H17N3O3. The molecule has 0 aliphatic heterocycles. The van der Waals surface area contributed by atoms with Crippen LogP contribution in [0.1, 0.15) is 23.7 Å². The van der Waals surface area contributed by atoms with Crippen LogP contribution in [0.5, 0.6) is 0 Å². The summed E-state index contributed by atoms with van der Waals surface area (Å²) in [6, 6.07) is 7.98. The number of hydrogen-bond acceptors (Lipinski definition) is 3. The standard InChI is InChI=1S/C17H17N3O3/c1-10-7-13(10)17(23)19-12-4-2-3-11(8-12)16(22)20-14-9-18-6-5-15(14)21/h2-6,8-10,13H,7H2,1H3,(H,18,21)(H,19,23)(H,20,22)/t10-,13-/m1/s1. The molecule has 0 unspecified atom stereocenters. The predicted octanol–water partition coefficient (Wildman–Crippen LogP) is 2.22. The third-order valence-electron chi connectivity index (χ3n) is 3.91. The van der Waals surface area contributed by atoms with E-state index in [-0.39, 0.29) is 22.9 Å². The Balaban J connectivity index is 1.71. The molecule has 1 saturated carbocycles. The fourth-order valence-electron chi connectivity index (χ4n) is 2.37. The molecule has 3 rings (SSSR count). The molecule has 0 bridgehead atoms. The number of anilines is 2. The van der Waals surface area contributed by atoms with Gasteiger partial charge in [0, 0.05) is 35.6 Å². The highest BCUT2D eigenvalue weighted by Gasteiger charge is 2.39. The zero-order valence-corrected chi connectivity index (χ0v) is 12.6. The van der Waals surface area contributed by atoms with Crippen LogP contribution < -0.4 is 16.1 Å². The first-order chi connectivity index (χ1) is 11.0. The van der Waals surface area contributed by atoms with Gasteiger partial charge >= 0.3 is 0 Å². The largest absolute Gasteiger partial charge is 0.366 e. The quantitative estimate of drug-likeness (QED) is 0.808. The smallest absolute Gasteiger partial charge is 0.255 e. The number of aromatic amines is 1. The van der Waals surface area contributed by atoms with E-state index < -0.39 is 5.91 Å². The van der Waals surface area contributed by atoms with Crippen molar-refractivity contribution in [1.29, 1.82) is 0 Å². The van der Waals surface area contributed by atoms with Crippen LogP contribution in [0.2, 0.25) is 0 Å². The monoisotopic (exact) mass is 311 g/mol. The van der Waals surface area contributed by atoms with Crippen LogP contribution in [-0.2, 0) is 4.79 Å². The molecule has 1 heterocycles. The van der Waals surface area contributed by atoms with Crippen LogP contribution in [0.15, 0.2) is 47.5 Å². The minimum Gasteiger partial charge on any atom is -0.366 e. The van der Waals surface area contributed by atoms with Gasteiger partial charge in [0.2, 0.25) is 11.3 Å². The minimum absolute atomic E-state index is 0.0189. The number of H-pyrrole nitrogens is 1. The molecule has 118 valence electrons. The third-order valence-corrected chi connectivity index (χ3v) is 3.91. The summed E-state index contributed by atoms with van der Waals surface area (Å²) >= 11 is 0. The topological polar surface area (TPSA) is 91.1 Å². The Bertz CT molecular complexity index is 812. The molecule has 2 atom stereocenters. The molecule has 0 saturated heterocycles. The molecule has 1 aliphatic rings. The van der Waals surface area contributed by atoms with E-state index in [9.17, 15) is 14.4 Å². The fourth-order valence-corrected chi connectivity index (χ4v) is 2.37. The molecule has 0 radical (unpaired) electrons. The number of hydrogen-bond donors (Lipinski definition) is 3. The van der Waals surface area contributed by atoms with E-state index in [1.807, 2.05) is 6.92 Å². The van der Waals surface area contributed by atoms with Crippen molar-refractivity contribution in [3.8, 4) is 0 Å². The van der Waals surface area contributed by atoms with E-state index in [2.05, 4.69) is 15.6 Å². The summed E-state index contributed by atoms with van der Waals surface area (Å²) in [5.41, 5.74) is 0.849. The first-order valence-electron chi connectivity index (χ1n) is 7.44. The second-order valence-electron chi connectivity index (χ2n) is 5.77. The van der Waals surface area contributed by atoms with Gasteiger partial charge in [0.25, 0.3) is 5.91 Å². The van der Waals surface area contributed by atoms with Crippen molar-refractivity contribution in [3.05, 3.63) is 58.5 Å². The van der Waals surface area contributed by atoms with Gasteiger partial charge in [0.15, 0.2) is 0 Å². The maximum atomic E-state index is 12.2. The van der Waals surface area contributed by atoms with Gasteiger partial charge in [0.1, 0.15) is 5.69 Å². The minimum atomic E-state index is -0.405. The molecule has 6 heteroatoms. The number of benzene rings is 1. The Morgan fingerprint density at radius 2 is 2.00 bits per heavy atom. The van der Waals surface area contributed by atoms with Gasteiger partial charge in [-0.15, -0.1) is 0 Å².